The maximum Gasteiger partial charge on any atom is 0.337 e. The van der Waals surface area contributed by atoms with Crippen molar-refractivity contribution in [1.82, 2.24) is 9.21 Å². The smallest absolute Gasteiger partial charge is 0.337 e. The van der Waals surface area contributed by atoms with Gasteiger partial charge in [-0.3, -0.25) is 4.55 Å². The molecule has 74 valence electrons. The highest BCUT2D eigenvalue weighted by atomic mass is 32.2. The highest BCUT2D eigenvalue weighted by Gasteiger charge is 2.35. The van der Waals surface area contributed by atoms with E-state index in [-0.39, 0.29) is 12.7 Å². The highest BCUT2D eigenvalue weighted by Crippen LogP contribution is 2.25. The van der Waals surface area contributed by atoms with Crippen LogP contribution in [0.1, 0.15) is 12.8 Å². The molecular formula is C7H12N2O3S. The van der Waals surface area contributed by atoms with E-state index in [1.807, 2.05) is 11.1 Å². The molecule has 0 aromatic rings. The van der Waals surface area contributed by atoms with Crippen LogP contribution in [0.4, 0.5) is 0 Å². The normalized spacial score (nSPS) is 29.3. The molecule has 1 unspecified atom stereocenters. The number of hydrogen-bond acceptors (Lipinski definition) is 3. The summed E-state index contributed by atoms with van der Waals surface area (Å²) in [6.07, 6.45) is 5.25. The molecule has 0 aliphatic carbocycles. The lowest BCUT2D eigenvalue weighted by molar-refractivity contribution is 0.174. The average molecular weight is 204 g/mol. The van der Waals surface area contributed by atoms with Crippen LogP contribution in [0.5, 0.6) is 0 Å². The molecule has 0 aromatic carbocycles. The predicted octanol–water partition coefficient (Wildman–Crippen LogP) is 0.0404. The van der Waals surface area contributed by atoms with Crippen molar-refractivity contribution in [2.45, 2.75) is 19.0 Å². The zero-order chi connectivity index (χ0) is 9.47. The van der Waals surface area contributed by atoms with Gasteiger partial charge in [0.05, 0.1) is 6.17 Å². The fraction of sp³-hybridized carbons (Fsp3) is 0.714. The van der Waals surface area contributed by atoms with Gasteiger partial charge in [0.2, 0.25) is 0 Å². The molecule has 1 fully saturated rings. The maximum atomic E-state index is 10.9. The number of hydrogen-bond donors (Lipinski definition) is 1. The summed E-state index contributed by atoms with van der Waals surface area (Å²) in [4.78, 5) is 1.94. The molecule has 0 amide bonds. The fourth-order valence-corrected chi connectivity index (χ4v) is 2.72. The number of rotatable bonds is 1. The Morgan fingerprint density at radius 2 is 2.23 bits per heavy atom. The van der Waals surface area contributed by atoms with E-state index in [1.165, 1.54) is 0 Å². The van der Waals surface area contributed by atoms with Crippen LogP contribution < -0.4 is 0 Å². The first-order chi connectivity index (χ1) is 6.09. The van der Waals surface area contributed by atoms with Gasteiger partial charge in [-0.15, -0.1) is 0 Å². The molecule has 0 saturated carbocycles. The second-order valence-corrected chi connectivity index (χ2v) is 4.66. The molecule has 0 aromatic heterocycles. The maximum absolute atomic E-state index is 10.9. The van der Waals surface area contributed by atoms with Crippen LogP contribution >= 0.6 is 0 Å². The summed E-state index contributed by atoms with van der Waals surface area (Å²) in [5, 5.41) is 0. The molecule has 2 rings (SSSR count). The minimum absolute atomic E-state index is 0.167. The molecule has 2 aliphatic heterocycles. The monoisotopic (exact) mass is 204 g/mol. The Bertz CT molecular complexity index is 325. The third-order valence-electron chi connectivity index (χ3n) is 2.47. The van der Waals surface area contributed by atoms with E-state index in [0.717, 1.165) is 23.7 Å². The summed E-state index contributed by atoms with van der Waals surface area (Å²) in [6.45, 7) is 1.15. The lowest BCUT2D eigenvalue weighted by Crippen LogP contribution is -2.48. The molecule has 1 N–H and O–H groups in total. The van der Waals surface area contributed by atoms with Crippen molar-refractivity contribution in [3.63, 3.8) is 0 Å². The van der Waals surface area contributed by atoms with Gasteiger partial charge in [0.15, 0.2) is 0 Å². The van der Waals surface area contributed by atoms with Crippen LogP contribution in [0.3, 0.4) is 0 Å². The first-order valence-corrected chi connectivity index (χ1v) is 5.65. The molecular weight excluding hydrogens is 192 g/mol. The summed E-state index contributed by atoms with van der Waals surface area (Å²) < 4.78 is 32.0. The second-order valence-electron chi connectivity index (χ2n) is 3.29. The Morgan fingerprint density at radius 3 is 2.92 bits per heavy atom. The molecule has 2 aliphatic rings. The van der Waals surface area contributed by atoms with Gasteiger partial charge in [-0.25, -0.2) is 0 Å². The number of nitrogens with zero attached hydrogens (tertiary/aromatic N) is 2. The van der Waals surface area contributed by atoms with Crippen LogP contribution in [0.15, 0.2) is 12.3 Å². The molecule has 1 atom stereocenters. The van der Waals surface area contributed by atoms with Gasteiger partial charge in [0.25, 0.3) is 0 Å². The standard InChI is InChI=1S/C7H12N2O3S/c10-13(11,12)9-6-2-5-8-4-1-3-7(8)9/h2,5,7H,1,3-4,6H2,(H,10,11,12). The average Bonchev–Trinajstić information content (AvgIpc) is 2.48. The Balaban J connectivity index is 2.27. The highest BCUT2D eigenvalue weighted by molar-refractivity contribution is 7.83. The van der Waals surface area contributed by atoms with Crippen LogP contribution in [-0.2, 0) is 10.3 Å². The second kappa shape index (κ2) is 2.97. The van der Waals surface area contributed by atoms with Crippen LogP contribution in [0.25, 0.3) is 0 Å². The van der Waals surface area contributed by atoms with Gasteiger partial charge in [0, 0.05) is 13.1 Å². The Labute approximate surface area is 77.5 Å². The Hall–Kier alpha value is -0.590. The van der Waals surface area contributed by atoms with Crippen LogP contribution in [-0.4, -0.2) is 41.4 Å². The Morgan fingerprint density at radius 1 is 1.46 bits per heavy atom. The van der Waals surface area contributed by atoms with Gasteiger partial charge in [-0.2, -0.15) is 12.7 Å². The van der Waals surface area contributed by atoms with Gasteiger partial charge in [0.1, 0.15) is 0 Å². The summed E-state index contributed by atoms with van der Waals surface area (Å²) in [5.74, 6) is 0. The SMILES string of the molecule is O=S(=O)(O)N1CC=CN2CCCC21. The molecule has 5 nitrogen and oxygen atoms in total. The lowest BCUT2D eigenvalue weighted by atomic mass is 10.3. The molecule has 0 radical (unpaired) electrons. The summed E-state index contributed by atoms with van der Waals surface area (Å²) in [5.41, 5.74) is 0. The number of fused-ring (bicyclic) bond motifs is 1. The zero-order valence-corrected chi connectivity index (χ0v) is 7.94. The fourth-order valence-electron chi connectivity index (χ4n) is 1.91. The predicted molar refractivity (Wildman–Crippen MR) is 47.1 cm³/mol. The van der Waals surface area contributed by atoms with Gasteiger partial charge in [-0.05, 0) is 19.0 Å². The van der Waals surface area contributed by atoms with Crippen molar-refractivity contribution < 1.29 is 13.0 Å². The summed E-state index contributed by atoms with van der Waals surface area (Å²) in [6, 6.07) is 0. The molecule has 1 saturated heterocycles. The molecule has 0 spiro atoms. The van der Waals surface area contributed by atoms with Crippen LogP contribution in [0.2, 0.25) is 0 Å². The van der Waals surface area contributed by atoms with Gasteiger partial charge in [-0.1, -0.05) is 6.08 Å². The minimum atomic E-state index is -4.04. The van der Waals surface area contributed by atoms with Crippen molar-refractivity contribution in [2.75, 3.05) is 13.1 Å². The minimum Gasteiger partial charge on any atom is -0.361 e. The topological polar surface area (TPSA) is 60.9 Å². The van der Waals surface area contributed by atoms with Crippen molar-refractivity contribution in [3.05, 3.63) is 12.3 Å². The Kier molecular flexibility index (Phi) is 2.05. The molecule has 0 bridgehead atoms. The van der Waals surface area contributed by atoms with E-state index < -0.39 is 10.3 Å². The van der Waals surface area contributed by atoms with E-state index in [2.05, 4.69) is 0 Å². The van der Waals surface area contributed by atoms with E-state index in [9.17, 15) is 8.42 Å². The van der Waals surface area contributed by atoms with Crippen molar-refractivity contribution in [2.24, 2.45) is 0 Å². The van der Waals surface area contributed by atoms with E-state index in [1.54, 1.807) is 6.08 Å². The van der Waals surface area contributed by atoms with Gasteiger partial charge < -0.3 is 4.90 Å². The van der Waals surface area contributed by atoms with E-state index in [4.69, 9.17) is 4.55 Å². The van der Waals surface area contributed by atoms with Crippen LogP contribution in [0, 0.1) is 0 Å². The first-order valence-electron chi connectivity index (χ1n) is 4.26. The third kappa shape index (κ3) is 1.56. The first kappa shape index (κ1) is 8.98. The molecule has 6 heteroatoms. The van der Waals surface area contributed by atoms with Crippen molar-refractivity contribution in [3.8, 4) is 0 Å². The van der Waals surface area contributed by atoms with Crippen molar-refractivity contribution in [1.29, 1.82) is 0 Å². The van der Waals surface area contributed by atoms with Gasteiger partial charge >= 0.3 is 10.3 Å². The molecule has 2 heterocycles. The summed E-state index contributed by atoms with van der Waals surface area (Å²) >= 11 is 0. The zero-order valence-electron chi connectivity index (χ0n) is 7.13. The third-order valence-corrected chi connectivity index (χ3v) is 3.46. The molecule has 13 heavy (non-hydrogen) atoms. The largest absolute Gasteiger partial charge is 0.361 e. The lowest BCUT2D eigenvalue weighted by Gasteiger charge is -2.34. The van der Waals surface area contributed by atoms with Crippen molar-refractivity contribution >= 4 is 10.3 Å². The van der Waals surface area contributed by atoms with E-state index >= 15 is 0 Å². The summed E-state index contributed by atoms with van der Waals surface area (Å²) in [7, 11) is -4.04. The van der Waals surface area contributed by atoms with E-state index in [0.29, 0.717) is 0 Å². The quantitative estimate of drug-likeness (QED) is 0.613.